The summed E-state index contributed by atoms with van der Waals surface area (Å²) >= 11 is 1.56. The molecule has 1 saturated heterocycles. The Labute approximate surface area is 225 Å². The van der Waals surface area contributed by atoms with Crippen molar-refractivity contribution in [3.05, 3.63) is 71.5 Å². The number of aryl methyl sites for hydroxylation is 1. The van der Waals surface area contributed by atoms with Gasteiger partial charge >= 0.3 is 5.97 Å². The Kier molecular flexibility index (Phi) is 9.16. The largest absolute Gasteiger partial charge is 0.453 e. The summed E-state index contributed by atoms with van der Waals surface area (Å²) in [6, 6.07) is 14.9. The van der Waals surface area contributed by atoms with Crippen molar-refractivity contribution >= 4 is 29.3 Å². The van der Waals surface area contributed by atoms with Crippen molar-refractivity contribution in [1.82, 2.24) is 14.8 Å². The number of nitrogens with zero attached hydrogens (tertiary/aromatic N) is 3. The van der Waals surface area contributed by atoms with Gasteiger partial charge in [-0.05, 0) is 30.2 Å². The minimum Gasteiger partial charge on any atom is -0.453 e. The number of carbonyl (C=O) groups is 2. The standard InChI is InChI=1S/C27H32N4O6S/c1-16-23(14-38-27-30-28-15-31(27)4)36-26(37-24(16)20-10-8-19(13-32)9-11-20)21-6-5-7-22(12-21)29-25(34)17(2)35-18(3)33/h5-12,15-17,23-24,26,32H,13-14H2,1-4H3,(H,29,34)/t16-,17+,23+,24+,26+/m1/s1. The zero-order chi connectivity index (χ0) is 27.2. The Hall–Kier alpha value is -3.25. The monoisotopic (exact) mass is 540 g/mol. The predicted molar refractivity (Wildman–Crippen MR) is 141 cm³/mol. The topological polar surface area (TPSA) is 125 Å². The molecule has 0 aliphatic carbocycles. The second kappa shape index (κ2) is 12.5. The van der Waals surface area contributed by atoms with Crippen LogP contribution in [0.2, 0.25) is 0 Å². The summed E-state index contributed by atoms with van der Waals surface area (Å²) < 4.78 is 19.8. The van der Waals surface area contributed by atoms with Gasteiger partial charge in [-0.25, -0.2) is 0 Å². The van der Waals surface area contributed by atoms with E-state index in [2.05, 4.69) is 22.4 Å². The number of hydrogen-bond donors (Lipinski definition) is 2. The Morgan fingerprint density at radius 1 is 1.18 bits per heavy atom. The maximum Gasteiger partial charge on any atom is 0.303 e. The Morgan fingerprint density at radius 3 is 2.61 bits per heavy atom. The number of amides is 1. The maximum absolute atomic E-state index is 12.5. The second-order valence-electron chi connectivity index (χ2n) is 9.22. The average molecular weight is 541 g/mol. The first-order valence-corrected chi connectivity index (χ1v) is 13.3. The summed E-state index contributed by atoms with van der Waals surface area (Å²) in [5.41, 5.74) is 3.08. The first kappa shape index (κ1) is 27.8. The summed E-state index contributed by atoms with van der Waals surface area (Å²) in [5, 5.41) is 21.1. The number of rotatable bonds is 9. The number of nitrogens with one attached hydrogen (secondary N) is 1. The number of aliphatic hydroxyl groups is 1. The molecule has 3 aromatic rings. The fraction of sp³-hybridized carbons (Fsp3) is 0.407. The molecule has 2 heterocycles. The zero-order valence-corrected chi connectivity index (χ0v) is 22.6. The average Bonchev–Trinajstić information content (AvgIpc) is 3.32. The van der Waals surface area contributed by atoms with Crippen LogP contribution in [-0.4, -0.2) is 49.7 Å². The van der Waals surface area contributed by atoms with Gasteiger partial charge in [0.1, 0.15) is 6.33 Å². The van der Waals surface area contributed by atoms with E-state index in [1.165, 1.54) is 13.8 Å². The summed E-state index contributed by atoms with van der Waals surface area (Å²) in [6.07, 6.45) is -0.407. The molecule has 0 unspecified atom stereocenters. The number of aromatic nitrogens is 3. The van der Waals surface area contributed by atoms with Crippen LogP contribution in [0.15, 0.2) is 60.0 Å². The van der Waals surface area contributed by atoms with E-state index >= 15 is 0 Å². The summed E-state index contributed by atoms with van der Waals surface area (Å²) in [4.78, 5) is 23.7. The molecule has 2 aromatic carbocycles. The van der Waals surface area contributed by atoms with E-state index < -0.39 is 24.3 Å². The Balaban J connectivity index is 1.56. The van der Waals surface area contributed by atoms with Crippen molar-refractivity contribution in [2.24, 2.45) is 13.0 Å². The lowest BCUT2D eigenvalue weighted by Gasteiger charge is -2.41. The molecule has 1 aliphatic heterocycles. The van der Waals surface area contributed by atoms with Crippen LogP contribution in [0.25, 0.3) is 0 Å². The molecular formula is C27H32N4O6S. The van der Waals surface area contributed by atoms with Crippen LogP contribution in [0.5, 0.6) is 0 Å². The fourth-order valence-electron chi connectivity index (χ4n) is 4.18. The molecule has 1 fully saturated rings. The number of benzene rings is 2. The molecule has 2 N–H and O–H groups in total. The minimum atomic E-state index is -0.924. The van der Waals surface area contributed by atoms with E-state index in [-0.39, 0.29) is 24.7 Å². The molecule has 0 saturated carbocycles. The van der Waals surface area contributed by atoms with Crippen molar-refractivity contribution in [3.63, 3.8) is 0 Å². The molecule has 11 heteroatoms. The summed E-state index contributed by atoms with van der Waals surface area (Å²) in [5.74, 6) is -0.312. The third-order valence-electron chi connectivity index (χ3n) is 6.31. The predicted octanol–water partition coefficient (Wildman–Crippen LogP) is 3.78. The number of aliphatic hydroxyl groups excluding tert-OH is 1. The molecule has 0 spiro atoms. The summed E-state index contributed by atoms with van der Waals surface area (Å²) in [7, 11) is 1.90. The number of carbonyl (C=O) groups excluding carboxylic acids is 2. The maximum atomic E-state index is 12.5. The lowest BCUT2D eigenvalue weighted by Crippen LogP contribution is -2.38. The van der Waals surface area contributed by atoms with Crippen molar-refractivity contribution in [2.75, 3.05) is 11.1 Å². The number of hydrogen-bond acceptors (Lipinski definition) is 9. The molecule has 5 atom stereocenters. The highest BCUT2D eigenvalue weighted by atomic mass is 32.2. The van der Waals surface area contributed by atoms with Gasteiger partial charge in [-0.3, -0.25) is 9.59 Å². The van der Waals surface area contributed by atoms with Gasteiger partial charge in [-0.1, -0.05) is 55.1 Å². The number of ether oxygens (including phenoxy) is 3. The highest BCUT2D eigenvalue weighted by Crippen LogP contribution is 2.43. The van der Waals surface area contributed by atoms with E-state index in [9.17, 15) is 14.7 Å². The lowest BCUT2D eigenvalue weighted by molar-refractivity contribution is -0.268. The van der Waals surface area contributed by atoms with Crippen molar-refractivity contribution in [2.45, 2.75) is 57.1 Å². The van der Waals surface area contributed by atoms with Gasteiger partial charge in [0.05, 0.1) is 18.8 Å². The Morgan fingerprint density at radius 2 is 1.95 bits per heavy atom. The van der Waals surface area contributed by atoms with Crippen LogP contribution in [0.1, 0.15) is 49.9 Å². The zero-order valence-electron chi connectivity index (χ0n) is 21.7. The SMILES string of the molecule is CC(=O)O[C@@H](C)C(=O)Nc1cccc([C@H]2O[C@@H](CSc3nncn3C)[C@@H](C)[C@@H](c3ccc(CO)cc3)O2)c1. The molecule has 0 radical (unpaired) electrons. The third kappa shape index (κ3) is 6.79. The van der Waals surface area contributed by atoms with Crippen molar-refractivity contribution in [3.8, 4) is 0 Å². The minimum absolute atomic E-state index is 0.0134. The van der Waals surface area contributed by atoms with E-state index in [1.54, 1.807) is 36.3 Å². The van der Waals surface area contributed by atoms with E-state index in [0.29, 0.717) is 11.4 Å². The fourth-order valence-corrected chi connectivity index (χ4v) is 5.23. The van der Waals surface area contributed by atoms with E-state index in [1.807, 2.05) is 41.9 Å². The van der Waals surface area contributed by atoms with Crippen LogP contribution in [0, 0.1) is 5.92 Å². The van der Waals surface area contributed by atoms with E-state index in [0.717, 1.165) is 21.8 Å². The van der Waals surface area contributed by atoms with Crippen LogP contribution < -0.4 is 5.32 Å². The lowest BCUT2D eigenvalue weighted by atomic mass is 9.91. The molecular weight excluding hydrogens is 508 g/mol. The molecule has 202 valence electrons. The smallest absolute Gasteiger partial charge is 0.303 e. The molecule has 1 aromatic heterocycles. The molecule has 1 amide bonds. The molecule has 10 nitrogen and oxygen atoms in total. The number of esters is 1. The van der Waals surface area contributed by atoms with Crippen LogP contribution in [-0.2, 0) is 37.5 Å². The van der Waals surface area contributed by atoms with Gasteiger partial charge in [0, 0.05) is 36.9 Å². The summed E-state index contributed by atoms with van der Waals surface area (Å²) in [6.45, 7) is 4.84. The molecule has 1 aliphatic rings. The highest BCUT2D eigenvalue weighted by molar-refractivity contribution is 7.99. The third-order valence-corrected chi connectivity index (χ3v) is 7.43. The van der Waals surface area contributed by atoms with Crippen LogP contribution in [0.3, 0.4) is 0 Å². The first-order chi connectivity index (χ1) is 18.2. The van der Waals surface area contributed by atoms with Gasteiger partial charge < -0.3 is 29.2 Å². The second-order valence-corrected chi connectivity index (χ2v) is 10.2. The Bertz CT molecular complexity index is 1250. The highest BCUT2D eigenvalue weighted by Gasteiger charge is 2.38. The molecule has 0 bridgehead atoms. The van der Waals surface area contributed by atoms with Crippen LogP contribution in [0.4, 0.5) is 5.69 Å². The number of anilines is 1. The normalized spacial score (nSPS) is 22.0. The quantitative estimate of drug-likeness (QED) is 0.308. The van der Waals surface area contributed by atoms with Crippen LogP contribution >= 0.6 is 11.8 Å². The van der Waals surface area contributed by atoms with Crippen molar-refractivity contribution < 1.29 is 28.9 Å². The molecule has 4 rings (SSSR count). The van der Waals surface area contributed by atoms with Gasteiger partial charge in [-0.15, -0.1) is 10.2 Å². The van der Waals surface area contributed by atoms with Crippen molar-refractivity contribution in [1.29, 1.82) is 0 Å². The van der Waals surface area contributed by atoms with Gasteiger partial charge in [0.15, 0.2) is 17.6 Å². The van der Waals surface area contributed by atoms with E-state index in [4.69, 9.17) is 14.2 Å². The van der Waals surface area contributed by atoms with Gasteiger partial charge in [0.25, 0.3) is 5.91 Å². The number of thioether (sulfide) groups is 1. The molecule has 38 heavy (non-hydrogen) atoms. The van der Waals surface area contributed by atoms with Gasteiger partial charge in [-0.2, -0.15) is 0 Å². The first-order valence-electron chi connectivity index (χ1n) is 12.3. The van der Waals surface area contributed by atoms with Gasteiger partial charge in [0.2, 0.25) is 0 Å².